The number of carboxylic acid groups (broad SMARTS) is 1. The van der Waals surface area contributed by atoms with E-state index in [4.69, 9.17) is 9.84 Å². The van der Waals surface area contributed by atoms with Gasteiger partial charge in [0, 0.05) is 0 Å². The van der Waals surface area contributed by atoms with Crippen LogP contribution in [0.3, 0.4) is 0 Å². The number of ether oxygens (including phenoxy) is 1. The molecule has 1 aromatic rings. The van der Waals surface area contributed by atoms with Gasteiger partial charge in [0.1, 0.15) is 11.3 Å². The van der Waals surface area contributed by atoms with Crippen molar-refractivity contribution in [3.8, 4) is 5.75 Å². The van der Waals surface area contributed by atoms with Crippen LogP contribution in [-0.2, 0) is 0 Å². The summed E-state index contributed by atoms with van der Waals surface area (Å²) in [7, 11) is 0. The Balaban J connectivity index is 0.00000529. The molecule has 4 heteroatoms. The summed E-state index contributed by atoms with van der Waals surface area (Å²) in [6.45, 7) is 2.85. The third-order valence-corrected chi connectivity index (χ3v) is 4.12. The Morgan fingerprint density at radius 3 is 1.92 bits per heavy atom. The van der Waals surface area contributed by atoms with Crippen molar-refractivity contribution in [2.24, 2.45) is 0 Å². The quantitative estimate of drug-likeness (QED) is 0.387. The van der Waals surface area contributed by atoms with Gasteiger partial charge in [-0.2, -0.15) is 0 Å². The predicted molar refractivity (Wildman–Crippen MR) is 103 cm³/mol. The Bertz CT molecular complexity index is 435. The zero-order chi connectivity index (χ0) is 16.8. The first-order valence-corrected chi connectivity index (χ1v) is 9.20. The Morgan fingerprint density at radius 2 is 1.38 bits per heavy atom. The summed E-state index contributed by atoms with van der Waals surface area (Å²) in [6.07, 6.45) is 14.3. The number of unbranched alkanes of at least 4 members (excludes halogenated alkanes) is 10. The summed E-state index contributed by atoms with van der Waals surface area (Å²) in [4.78, 5) is 11.1. The van der Waals surface area contributed by atoms with Crippen molar-refractivity contribution in [3.63, 3.8) is 0 Å². The molecule has 0 aliphatic heterocycles. The van der Waals surface area contributed by atoms with E-state index in [9.17, 15) is 4.79 Å². The van der Waals surface area contributed by atoms with Gasteiger partial charge in [-0.25, -0.2) is 4.79 Å². The van der Waals surface area contributed by atoms with E-state index in [0.29, 0.717) is 12.4 Å². The minimum Gasteiger partial charge on any atom is -0.493 e. The minimum absolute atomic E-state index is 0. The number of carboxylic acids is 1. The molecule has 138 valence electrons. The van der Waals surface area contributed by atoms with Crippen LogP contribution in [0, 0.1) is 0 Å². The van der Waals surface area contributed by atoms with Crippen molar-refractivity contribution in [1.29, 1.82) is 0 Å². The summed E-state index contributed by atoms with van der Waals surface area (Å²) in [5, 5.41) is 9.08. The summed E-state index contributed by atoms with van der Waals surface area (Å²) in [5.41, 5.74) is 0.246. The molecule has 0 heterocycles. The van der Waals surface area contributed by atoms with Crippen LogP contribution in [0.15, 0.2) is 24.3 Å². The summed E-state index contributed by atoms with van der Waals surface area (Å²) < 4.78 is 5.60. The molecule has 0 aliphatic rings. The first-order valence-electron chi connectivity index (χ1n) is 9.20. The third kappa shape index (κ3) is 10.5. The zero-order valence-electron chi connectivity index (χ0n) is 15.0. The number of halogens is 1. The maximum Gasteiger partial charge on any atom is 0.339 e. The van der Waals surface area contributed by atoms with Crippen molar-refractivity contribution in [3.05, 3.63) is 29.8 Å². The van der Waals surface area contributed by atoms with Gasteiger partial charge in [0.15, 0.2) is 0 Å². The molecular weight excluding hydrogens is 324 g/mol. The van der Waals surface area contributed by atoms with E-state index in [1.807, 2.05) is 6.07 Å². The molecule has 1 N–H and O–H groups in total. The van der Waals surface area contributed by atoms with E-state index >= 15 is 0 Å². The second-order valence-electron chi connectivity index (χ2n) is 6.19. The number of hydrogen-bond donors (Lipinski definition) is 1. The van der Waals surface area contributed by atoms with Gasteiger partial charge in [0.2, 0.25) is 0 Å². The molecule has 3 nitrogen and oxygen atoms in total. The lowest BCUT2D eigenvalue weighted by Gasteiger charge is -2.08. The molecule has 1 rings (SSSR count). The van der Waals surface area contributed by atoms with E-state index in [0.717, 1.165) is 12.8 Å². The molecule has 0 aliphatic carbocycles. The van der Waals surface area contributed by atoms with Crippen molar-refractivity contribution < 1.29 is 14.6 Å². The van der Waals surface area contributed by atoms with Gasteiger partial charge in [-0.05, 0) is 18.6 Å². The van der Waals surface area contributed by atoms with Gasteiger partial charge in [0.25, 0.3) is 0 Å². The Labute approximate surface area is 153 Å². The number of aromatic carboxylic acids is 1. The summed E-state index contributed by atoms with van der Waals surface area (Å²) in [6, 6.07) is 6.83. The number of hydrogen-bond acceptors (Lipinski definition) is 2. The lowest BCUT2D eigenvalue weighted by atomic mass is 10.1. The van der Waals surface area contributed by atoms with Gasteiger partial charge in [-0.15, -0.1) is 12.4 Å². The summed E-state index contributed by atoms with van der Waals surface area (Å²) >= 11 is 0. The van der Waals surface area contributed by atoms with Crippen molar-refractivity contribution in [1.82, 2.24) is 0 Å². The highest BCUT2D eigenvalue weighted by Gasteiger charge is 2.09. The molecule has 1 aromatic carbocycles. The van der Waals surface area contributed by atoms with Crippen molar-refractivity contribution in [2.75, 3.05) is 6.61 Å². The minimum atomic E-state index is -0.931. The number of carbonyl (C=O) groups is 1. The zero-order valence-corrected chi connectivity index (χ0v) is 15.8. The van der Waals surface area contributed by atoms with E-state index in [1.54, 1.807) is 18.2 Å². The molecule has 24 heavy (non-hydrogen) atoms. The fourth-order valence-corrected chi connectivity index (χ4v) is 2.72. The lowest BCUT2D eigenvalue weighted by molar-refractivity contribution is 0.0692. The standard InChI is InChI=1S/C20H32O3.ClH/c1-2-3-4-5-6-7-8-9-10-11-14-17-23-19-16-13-12-15-18(19)20(21)22;/h12-13,15-16H,2-11,14,17H2,1H3,(H,21,22);1H. The number of rotatable bonds is 14. The first kappa shape index (κ1) is 22.8. The largest absolute Gasteiger partial charge is 0.493 e. The highest BCUT2D eigenvalue weighted by Crippen LogP contribution is 2.18. The van der Waals surface area contributed by atoms with Gasteiger partial charge in [-0.3, -0.25) is 0 Å². The average Bonchev–Trinajstić information content (AvgIpc) is 2.56. The van der Waals surface area contributed by atoms with Crippen LogP contribution < -0.4 is 4.74 Å². The molecule has 0 aromatic heterocycles. The van der Waals surface area contributed by atoms with Crippen LogP contribution in [0.4, 0.5) is 0 Å². The molecular formula is C20H33ClO3. The normalized spacial score (nSPS) is 10.2. The SMILES string of the molecule is CCCCCCCCCCCCCOc1ccccc1C(=O)O.Cl. The van der Waals surface area contributed by atoms with Crippen LogP contribution in [0.25, 0.3) is 0 Å². The second kappa shape index (κ2) is 15.3. The molecule has 0 spiro atoms. The van der Waals surface area contributed by atoms with Crippen molar-refractivity contribution >= 4 is 18.4 Å². The van der Waals surface area contributed by atoms with Gasteiger partial charge in [0.05, 0.1) is 6.61 Å². The van der Waals surface area contributed by atoms with Gasteiger partial charge in [-0.1, -0.05) is 83.3 Å². The molecule has 0 radical (unpaired) electrons. The Hall–Kier alpha value is -1.22. The molecule has 0 atom stereocenters. The predicted octanol–water partition coefficient (Wildman–Crippen LogP) is 6.50. The number of benzene rings is 1. The number of para-hydroxylation sites is 1. The van der Waals surface area contributed by atoms with E-state index in [2.05, 4.69) is 6.92 Å². The Morgan fingerprint density at radius 1 is 0.875 bits per heavy atom. The fraction of sp³-hybridized carbons (Fsp3) is 0.650. The fourth-order valence-electron chi connectivity index (χ4n) is 2.72. The maximum atomic E-state index is 11.1. The molecule has 0 saturated carbocycles. The third-order valence-electron chi connectivity index (χ3n) is 4.12. The first-order chi connectivity index (χ1) is 11.3. The second-order valence-corrected chi connectivity index (χ2v) is 6.19. The molecule has 0 bridgehead atoms. The van der Waals surface area contributed by atoms with Gasteiger partial charge < -0.3 is 9.84 Å². The smallest absolute Gasteiger partial charge is 0.339 e. The molecule has 0 unspecified atom stereocenters. The summed E-state index contributed by atoms with van der Waals surface area (Å²) in [5.74, 6) is -0.452. The van der Waals surface area contributed by atoms with E-state index < -0.39 is 5.97 Å². The lowest BCUT2D eigenvalue weighted by Crippen LogP contribution is -2.04. The highest BCUT2D eigenvalue weighted by atomic mass is 35.5. The maximum absolute atomic E-state index is 11.1. The Kier molecular flexibility index (Phi) is 14.5. The monoisotopic (exact) mass is 356 g/mol. The van der Waals surface area contributed by atoms with E-state index in [1.165, 1.54) is 57.8 Å². The molecule has 0 saturated heterocycles. The van der Waals surface area contributed by atoms with Crippen LogP contribution >= 0.6 is 12.4 Å². The topological polar surface area (TPSA) is 46.5 Å². The van der Waals surface area contributed by atoms with Crippen LogP contribution in [0.5, 0.6) is 5.75 Å². The van der Waals surface area contributed by atoms with E-state index in [-0.39, 0.29) is 18.0 Å². The van der Waals surface area contributed by atoms with Gasteiger partial charge >= 0.3 is 5.97 Å². The van der Waals surface area contributed by atoms with Crippen LogP contribution in [-0.4, -0.2) is 17.7 Å². The van der Waals surface area contributed by atoms with Crippen LogP contribution in [0.2, 0.25) is 0 Å². The molecule has 0 amide bonds. The van der Waals surface area contributed by atoms with Crippen LogP contribution in [0.1, 0.15) is 87.9 Å². The average molecular weight is 357 g/mol. The highest BCUT2D eigenvalue weighted by molar-refractivity contribution is 5.90. The molecule has 0 fully saturated rings. The van der Waals surface area contributed by atoms with Crippen molar-refractivity contribution in [2.45, 2.75) is 77.6 Å².